The number of ether oxygens (including phenoxy) is 1. The number of phenolic OH excluding ortho intramolecular Hbond substituents is 1. The number of hydrogen-bond donors (Lipinski definition) is 3. The van der Waals surface area contributed by atoms with Crippen LogP contribution in [0.2, 0.25) is 0 Å². The molecule has 12 heteroatoms. The lowest BCUT2D eigenvalue weighted by molar-refractivity contribution is -0.137. The third-order valence-electron chi connectivity index (χ3n) is 9.36. The van der Waals surface area contributed by atoms with E-state index in [0.717, 1.165) is 30.9 Å². The van der Waals surface area contributed by atoms with Gasteiger partial charge in [0.1, 0.15) is 23.1 Å². The number of nitrogens with zero attached hydrogens (tertiary/aromatic N) is 3. The maximum absolute atomic E-state index is 14.3. The Morgan fingerprint density at radius 1 is 1.09 bits per heavy atom. The summed E-state index contributed by atoms with van der Waals surface area (Å²) in [5, 5.41) is 16.5. The Labute approximate surface area is 265 Å². The van der Waals surface area contributed by atoms with Crippen LogP contribution < -0.4 is 20.3 Å². The quantitative estimate of drug-likeness (QED) is 0.288. The van der Waals surface area contributed by atoms with Gasteiger partial charge >= 0.3 is 6.18 Å². The number of rotatable bonds is 7. The maximum Gasteiger partial charge on any atom is 0.418 e. The van der Waals surface area contributed by atoms with E-state index >= 15 is 0 Å². The molecule has 1 aromatic heterocycles. The second-order valence-electron chi connectivity index (χ2n) is 12.6. The first-order chi connectivity index (χ1) is 22.0. The molecule has 3 heterocycles. The second kappa shape index (κ2) is 12.8. The zero-order chi connectivity index (χ0) is 32.6. The molecule has 1 saturated carbocycles. The first kappa shape index (κ1) is 31.7. The van der Waals surface area contributed by atoms with Gasteiger partial charge in [0, 0.05) is 66.1 Å². The van der Waals surface area contributed by atoms with Crippen LogP contribution >= 0.6 is 0 Å². The third-order valence-corrected chi connectivity index (χ3v) is 9.36. The minimum atomic E-state index is -4.63. The van der Waals surface area contributed by atoms with Crippen molar-refractivity contribution in [2.75, 3.05) is 37.4 Å². The molecule has 9 nitrogen and oxygen atoms in total. The van der Waals surface area contributed by atoms with Crippen molar-refractivity contribution in [3.05, 3.63) is 70.9 Å². The van der Waals surface area contributed by atoms with E-state index in [2.05, 4.69) is 15.6 Å². The van der Waals surface area contributed by atoms with E-state index in [-0.39, 0.29) is 34.9 Å². The molecule has 3 aromatic rings. The van der Waals surface area contributed by atoms with Gasteiger partial charge in [0.15, 0.2) is 0 Å². The summed E-state index contributed by atoms with van der Waals surface area (Å²) in [7, 11) is 3.86. The number of likely N-dealkylation sites (N-methyl/N-ethyl adjacent to an activating group) is 1. The number of benzene rings is 2. The Balaban J connectivity index is 1.20. The summed E-state index contributed by atoms with van der Waals surface area (Å²) < 4.78 is 49.1. The summed E-state index contributed by atoms with van der Waals surface area (Å²) >= 11 is 0. The van der Waals surface area contributed by atoms with Gasteiger partial charge in [-0.2, -0.15) is 13.2 Å². The fourth-order valence-corrected chi connectivity index (χ4v) is 6.90. The van der Waals surface area contributed by atoms with Gasteiger partial charge in [-0.1, -0.05) is 6.42 Å². The first-order valence-corrected chi connectivity index (χ1v) is 15.7. The number of aromatic hydroxyl groups is 1. The maximum atomic E-state index is 14.3. The van der Waals surface area contributed by atoms with E-state index in [1.165, 1.54) is 18.2 Å². The van der Waals surface area contributed by atoms with Crippen molar-refractivity contribution in [2.45, 2.75) is 69.1 Å². The molecule has 0 radical (unpaired) electrons. The number of halogens is 3. The van der Waals surface area contributed by atoms with Crippen LogP contribution in [0.25, 0.3) is 0 Å². The fraction of sp³-hybridized carbons (Fsp3) is 0.441. The highest BCUT2D eigenvalue weighted by atomic mass is 19.4. The predicted octanol–water partition coefficient (Wildman–Crippen LogP) is 6.08. The van der Waals surface area contributed by atoms with Crippen molar-refractivity contribution in [1.82, 2.24) is 15.2 Å². The Bertz CT molecular complexity index is 1630. The highest BCUT2D eigenvalue weighted by Crippen LogP contribution is 2.43. The Morgan fingerprint density at radius 3 is 2.70 bits per heavy atom. The molecule has 3 aliphatic rings. The van der Waals surface area contributed by atoms with Gasteiger partial charge < -0.3 is 30.3 Å². The largest absolute Gasteiger partial charge is 0.508 e. The number of carbonyl (C=O) groups is 2. The minimum Gasteiger partial charge on any atom is -0.508 e. The van der Waals surface area contributed by atoms with E-state index in [1.807, 2.05) is 19.0 Å². The number of anilines is 2. The van der Waals surface area contributed by atoms with Crippen LogP contribution in [0.3, 0.4) is 0 Å². The number of carbonyl (C=O) groups excluding carboxylic acids is 2. The van der Waals surface area contributed by atoms with Gasteiger partial charge in [-0.15, -0.1) is 0 Å². The van der Waals surface area contributed by atoms with E-state index < -0.39 is 23.7 Å². The zero-order valence-corrected chi connectivity index (χ0v) is 25.9. The minimum absolute atomic E-state index is 0.0452. The van der Waals surface area contributed by atoms with E-state index in [4.69, 9.17) is 4.74 Å². The number of amides is 2. The summed E-state index contributed by atoms with van der Waals surface area (Å²) in [4.78, 5) is 33.2. The highest BCUT2D eigenvalue weighted by molar-refractivity contribution is 5.95. The molecule has 2 fully saturated rings. The number of pyridine rings is 1. The molecule has 1 aliphatic carbocycles. The van der Waals surface area contributed by atoms with Crippen molar-refractivity contribution in [3.63, 3.8) is 0 Å². The standard InChI is InChI=1S/C34H38F3N5O4/c1-41(2)21-5-4-16-42(19-21)28-11-8-20(17-26(28)34(35,36)37)33(45)39-27-7-3-6-23(27)25-18-22(9-12-29(25)43)46-30-14-15-38-32-24(30)10-13-31(44)40-32/h8-9,11-12,14-15,17-18,21,23,27,43H,3-7,10,13,16,19H2,1-2H3,(H,39,45)(H,38,40,44)/t21-,23-,27+/m0/s1. The molecular formula is C34H38F3N5O4. The molecule has 46 heavy (non-hydrogen) atoms. The van der Waals surface area contributed by atoms with Crippen LogP contribution in [0.4, 0.5) is 24.7 Å². The summed E-state index contributed by atoms with van der Waals surface area (Å²) in [5.41, 5.74) is 0.587. The van der Waals surface area contributed by atoms with Crippen molar-refractivity contribution >= 4 is 23.3 Å². The molecule has 2 aliphatic heterocycles. The Hall–Kier alpha value is -4.32. The molecule has 1 saturated heterocycles. The first-order valence-electron chi connectivity index (χ1n) is 15.7. The predicted molar refractivity (Wildman–Crippen MR) is 168 cm³/mol. The number of fused-ring (bicyclic) bond motifs is 1. The van der Waals surface area contributed by atoms with Gasteiger partial charge in [-0.05, 0) is 88.7 Å². The van der Waals surface area contributed by atoms with Crippen LogP contribution in [-0.4, -0.2) is 66.1 Å². The van der Waals surface area contributed by atoms with Crippen molar-refractivity contribution in [2.24, 2.45) is 0 Å². The number of alkyl halides is 3. The molecule has 0 spiro atoms. The van der Waals surface area contributed by atoms with Gasteiger partial charge in [-0.3, -0.25) is 9.59 Å². The normalized spacial score (nSPS) is 21.6. The van der Waals surface area contributed by atoms with Gasteiger partial charge in [0.25, 0.3) is 5.91 Å². The molecule has 244 valence electrons. The molecule has 0 unspecified atom stereocenters. The summed E-state index contributed by atoms with van der Waals surface area (Å²) in [6.45, 7) is 1.01. The van der Waals surface area contributed by atoms with Crippen LogP contribution in [0.15, 0.2) is 48.7 Å². The molecule has 2 aromatic carbocycles. The van der Waals surface area contributed by atoms with Crippen LogP contribution in [0, 0.1) is 0 Å². The number of aromatic nitrogens is 1. The van der Waals surface area contributed by atoms with Crippen molar-refractivity contribution in [3.8, 4) is 17.2 Å². The topological polar surface area (TPSA) is 107 Å². The number of nitrogens with one attached hydrogen (secondary N) is 2. The van der Waals surface area contributed by atoms with Gasteiger partial charge in [-0.25, -0.2) is 4.98 Å². The summed E-state index contributed by atoms with van der Waals surface area (Å²) in [6, 6.07) is 10.2. The number of hydrogen-bond acceptors (Lipinski definition) is 7. The Morgan fingerprint density at radius 2 is 1.91 bits per heavy atom. The highest BCUT2D eigenvalue weighted by Gasteiger charge is 2.38. The summed E-state index contributed by atoms with van der Waals surface area (Å²) in [5.74, 6) is 0.555. The molecular weight excluding hydrogens is 599 g/mol. The second-order valence-corrected chi connectivity index (χ2v) is 12.6. The lowest BCUT2D eigenvalue weighted by Crippen LogP contribution is -2.45. The van der Waals surface area contributed by atoms with Crippen LogP contribution in [0.5, 0.6) is 17.2 Å². The lowest BCUT2D eigenvalue weighted by Gasteiger charge is -2.38. The van der Waals surface area contributed by atoms with Crippen molar-refractivity contribution in [1.29, 1.82) is 0 Å². The SMILES string of the molecule is CN(C)[C@H]1CCCN(c2ccc(C(=O)N[C@@H]3CCC[C@H]3c3cc(Oc4ccnc5c4CCC(=O)N5)ccc3O)cc2C(F)(F)F)C1. The zero-order valence-electron chi connectivity index (χ0n) is 25.9. The van der Waals surface area contributed by atoms with E-state index in [1.54, 1.807) is 29.3 Å². The average molecular weight is 638 g/mol. The smallest absolute Gasteiger partial charge is 0.418 e. The van der Waals surface area contributed by atoms with Crippen LogP contribution in [0.1, 0.15) is 71.5 Å². The fourth-order valence-electron chi connectivity index (χ4n) is 6.90. The molecule has 6 rings (SSSR count). The lowest BCUT2D eigenvalue weighted by atomic mass is 9.92. The monoisotopic (exact) mass is 637 g/mol. The van der Waals surface area contributed by atoms with Crippen molar-refractivity contribution < 1.29 is 32.6 Å². The number of phenols is 1. The third kappa shape index (κ3) is 6.62. The molecule has 3 atom stereocenters. The average Bonchev–Trinajstić information content (AvgIpc) is 3.49. The Kier molecular flexibility index (Phi) is 8.82. The van der Waals surface area contributed by atoms with E-state index in [9.17, 15) is 27.9 Å². The number of piperidine rings is 1. The molecule has 0 bridgehead atoms. The van der Waals surface area contributed by atoms with E-state index in [0.29, 0.717) is 61.7 Å². The molecule has 2 amide bonds. The van der Waals surface area contributed by atoms with Gasteiger partial charge in [0.2, 0.25) is 5.91 Å². The van der Waals surface area contributed by atoms with Crippen LogP contribution in [-0.2, 0) is 17.4 Å². The molecule has 3 N–H and O–H groups in total. The van der Waals surface area contributed by atoms with Gasteiger partial charge in [0.05, 0.1) is 5.56 Å². The summed E-state index contributed by atoms with van der Waals surface area (Å²) in [6.07, 6.45) is 1.49.